The van der Waals surface area contributed by atoms with E-state index in [4.69, 9.17) is 17.3 Å². The van der Waals surface area contributed by atoms with Gasteiger partial charge in [0.25, 0.3) is 0 Å². The molecule has 2 N–H and O–H groups in total. The normalized spacial score (nSPS) is 24.3. The maximum atomic E-state index is 12.6. The highest BCUT2D eigenvalue weighted by molar-refractivity contribution is 7.92. The van der Waals surface area contributed by atoms with Gasteiger partial charge in [-0.1, -0.05) is 24.9 Å². The fraction of sp³-hybridized carbons (Fsp3) is 0.571. The van der Waals surface area contributed by atoms with Gasteiger partial charge in [0.2, 0.25) is 0 Å². The van der Waals surface area contributed by atoms with Crippen molar-refractivity contribution in [3.63, 3.8) is 0 Å². The van der Waals surface area contributed by atoms with Crippen molar-refractivity contribution in [2.45, 2.75) is 49.2 Å². The summed E-state index contributed by atoms with van der Waals surface area (Å²) in [4.78, 5) is 0.233. The van der Waals surface area contributed by atoms with Crippen LogP contribution in [0.25, 0.3) is 0 Å². The molecule has 5 heteroatoms. The average Bonchev–Trinajstić information content (AvgIpc) is 2.38. The van der Waals surface area contributed by atoms with Gasteiger partial charge >= 0.3 is 0 Å². The van der Waals surface area contributed by atoms with Crippen LogP contribution >= 0.6 is 11.6 Å². The standard InChI is InChI=1S/C14H20ClNO2S/c1-2-10-3-6-12(7-4-10)19(17,18)14-8-5-11(15)9-13(14)16/h5,8-10,12H,2-4,6-7,16H2,1H3. The van der Waals surface area contributed by atoms with Crippen LogP contribution in [0.4, 0.5) is 5.69 Å². The van der Waals surface area contributed by atoms with E-state index in [1.807, 2.05) is 0 Å². The van der Waals surface area contributed by atoms with E-state index in [1.54, 1.807) is 6.07 Å². The summed E-state index contributed by atoms with van der Waals surface area (Å²) in [7, 11) is -3.32. The predicted octanol–water partition coefficient (Wildman–Crippen LogP) is 3.66. The Labute approximate surface area is 120 Å². The van der Waals surface area contributed by atoms with Crippen LogP contribution in [0.3, 0.4) is 0 Å². The van der Waals surface area contributed by atoms with Crippen LogP contribution in [0.5, 0.6) is 0 Å². The molecule has 1 aromatic carbocycles. The Morgan fingerprint density at radius 1 is 1.26 bits per heavy atom. The number of nitrogens with two attached hydrogens (primary N) is 1. The van der Waals surface area contributed by atoms with E-state index >= 15 is 0 Å². The van der Waals surface area contributed by atoms with Gasteiger partial charge in [0.15, 0.2) is 9.84 Å². The second-order valence-electron chi connectivity index (χ2n) is 5.28. The van der Waals surface area contributed by atoms with Gasteiger partial charge in [-0.15, -0.1) is 0 Å². The van der Waals surface area contributed by atoms with Crippen molar-refractivity contribution in [3.8, 4) is 0 Å². The zero-order valence-corrected chi connectivity index (χ0v) is 12.7. The SMILES string of the molecule is CCC1CCC(S(=O)(=O)c2ccc(Cl)cc2N)CC1. The van der Waals surface area contributed by atoms with E-state index in [1.165, 1.54) is 12.1 Å². The molecule has 106 valence electrons. The molecule has 0 radical (unpaired) electrons. The Morgan fingerprint density at radius 3 is 2.42 bits per heavy atom. The van der Waals surface area contributed by atoms with Crippen molar-refractivity contribution in [1.29, 1.82) is 0 Å². The first-order valence-corrected chi connectivity index (χ1v) is 8.66. The van der Waals surface area contributed by atoms with Gasteiger partial charge in [-0.05, 0) is 49.8 Å². The molecule has 19 heavy (non-hydrogen) atoms. The van der Waals surface area contributed by atoms with E-state index in [2.05, 4.69) is 6.92 Å². The lowest BCUT2D eigenvalue weighted by atomic mass is 9.87. The van der Waals surface area contributed by atoms with Gasteiger partial charge in [0, 0.05) is 5.02 Å². The predicted molar refractivity (Wildman–Crippen MR) is 79.1 cm³/mol. The van der Waals surface area contributed by atoms with Gasteiger partial charge in [-0.3, -0.25) is 0 Å². The lowest BCUT2D eigenvalue weighted by molar-refractivity contribution is 0.348. The fourth-order valence-electron chi connectivity index (χ4n) is 2.81. The smallest absolute Gasteiger partial charge is 0.183 e. The third-order valence-corrected chi connectivity index (χ3v) is 6.66. The molecule has 0 aliphatic heterocycles. The van der Waals surface area contributed by atoms with Crippen molar-refractivity contribution in [1.82, 2.24) is 0 Å². The monoisotopic (exact) mass is 301 g/mol. The number of hydrogen-bond donors (Lipinski definition) is 1. The van der Waals surface area contributed by atoms with E-state index in [-0.39, 0.29) is 15.8 Å². The number of hydrogen-bond acceptors (Lipinski definition) is 3. The van der Waals surface area contributed by atoms with Crippen molar-refractivity contribution >= 4 is 27.1 Å². The zero-order chi connectivity index (χ0) is 14.0. The summed E-state index contributed by atoms with van der Waals surface area (Å²) in [6.07, 6.45) is 4.60. The molecule has 0 amide bonds. The van der Waals surface area contributed by atoms with Gasteiger partial charge in [-0.2, -0.15) is 0 Å². The van der Waals surface area contributed by atoms with Crippen LogP contribution in [0.2, 0.25) is 5.02 Å². The Bertz CT molecular complexity index is 549. The minimum atomic E-state index is -3.32. The molecule has 0 unspecified atom stereocenters. The number of sulfone groups is 1. The van der Waals surface area contributed by atoms with Gasteiger partial charge < -0.3 is 5.73 Å². The number of halogens is 1. The molecule has 1 fully saturated rings. The molecule has 1 aromatic rings. The summed E-state index contributed by atoms with van der Waals surface area (Å²) in [5.74, 6) is 0.675. The lowest BCUT2D eigenvalue weighted by Crippen LogP contribution is -2.27. The average molecular weight is 302 g/mol. The molecule has 1 aliphatic carbocycles. The van der Waals surface area contributed by atoms with Crippen LogP contribution in [0.1, 0.15) is 39.0 Å². The summed E-state index contributed by atoms with van der Waals surface area (Å²) >= 11 is 5.82. The van der Waals surface area contributed by atoms with Crippen LogP contribution < -0.4 is 5.73 Å². The van der Waals surface area contributed by atoms with E-state index in [0.717, 1.165) is 32.1 Å². The molecule has 3 nitrogen and oxygen atoms in total. The number of rotatable bonds is 3. The second-order valence-corrected chi connectivity index (χ2v) is 7.91. The largest absolute Gasteiger partial charge is 0.398 e. The second kappa shape index (κ2) is 5.71. The third kappa shape index (κ3) is 3.06. The fourth-order valence-corrected chi connectivity index (χ4v) is 4.89. The van der Waals surface area contributed by atoms with Crippen LogP contribution in [-0.4, -0.2) is 13.7 Å². The van der Waals surface area contributed by atoms with Crippen molar-refractivity contribution < 1.29 is 8.42 Å². The Hall–Kier alpha value is -0.740. The minimum absolute atomic E-state index is 0.233. The first-order chi connectivity index (χ1) is 8.95. The molecule has 0 heterocycles. The molecule has 0 aromatic heterocycles. The minimum Gasteiger partial charge on any atom is -0.398 e. The van der Waals surface area contributed by atoms with Crippen molar-refractivity contribution in [2.24, 2.45) is 5.92 Å². The van der Waals surface area contributed by atoms with E-state index in [0.29, 0.717) is 10.9 Å². The number of benzene rings is 1. The maximum absolute atomic E-state index is 12.6. The molecule has 1 saturated carbocycles. The molecular weight excluding hydrogens is 282 g/mol. The van der Waals surface area contributed by atoms with Crippen LogP contribution in [0, 0.1) is 5.92 Å². The Balaban J connectivity index is 2.23. The molecule has 2 rings (SSSR count). The molecule has 0 atom stereocenters. The number of nitrogen functional groups attached to an aromatic ring is 1. The van der Waals surface area contributed by atoms with E-state index < -0.39 is 9.84 Å². The summed E-state index contributed by atoms with van der Waals surface area (Å²) in [5.41, 5.74) is 6.06. The molecule has 0 bridgehead atoms. The Morgan fingerprint density at radius 2 is 1.89 bits per heavy atom. The summed E-state index contributed by atoms with van der Waals surface area (Å²) < 4.78 is 25.2. The molecule has 0 spiro atoms. The van der Waals surface area contributed by atoms with E-state index in [9.17, 15) is 8.42 Å². The molecular formula is C14H20ClNO2S. The van der Waals surface area contributed by atoms with Crippen molar-refractivity contribution in [3.05, 3.63) is 23.2 Å². The van der Waals surface area contributed by atoms with Crippen LogP contribution in [0.15, 0.2) is 23.1 Å². The Kier molecular flexibility index (Phi) is 4.41. The highest BCUT2D eigenvalue weighted by Crippen LogP contribution is 2.35. The lowest BCUT2D eigenvalue weighted by Gasteiger charge is -2.27. The highest BCUT2D eigenvalue weighted by atomic mass is 35.5. The summed E-state index contributed by atoms with van der Waals surface area (Å²) in [5, 5.41) is 0.171. The number of anilines is 1. The molecule has 1 aliphatic rings. The zero-order valence-electron chi connectivity index (χ0n) is 11.1. The third-order valence-electron chi connectivity index (χ3n) is 4.09. The summed E-state index contributed by atoms with van der Waals surface area (Å²) in [6.45, 7) is 2.16. The summed E-state index contributed by atoms with van der Waals surface area (Å²) in [6, 6.07) is 4.62. The maximum Gasteiger partial charge on any atom is 0.183 e. The van der Waals surface area contributed by atoms with Gasteiger partial charge in [0.1, 0.15) is 0 Å². The topological polar surface area (TPSA) is 60.2 Å². The van der Waals surface area contributed by atoms with Gasteiger partial charge in [-0.25, -0.2) is 8.42 Å². The quantitative estimate of drug-likeness (QED) is 0.867. The van der Waals surface area contributed by atoms with Crippen molar-refractivity contribution in [2.75, 3.05) is 5.73 Å². The van der Waals surface area contributed by atoms with Gasteiger partial charge in [0.05, 0.1) is 15.8 Å². The first-order valence-electron chi connectivity index (χ1n) is 6.74. The first kappa shape index (κ1) is 14.7. The molecule has 0 saturated heterocycles. The highest BCUT2D eigenvalue weighted by Gasteiger charge is 2.32. The van der Waals surface area contributed by atoms with Crippen LogP contribution in [-0.2, 0) is 9.84 Å².